The molecule has 1 rings (SSSR count). The lowest BCUT2D eigenvalue weighted by Gasteiger charge is -2.19. The highest BCUT2D eigenvalue weighted by molar-refractivity contribution is 6.32. The number of benzene rings is 1. The fourth-order valence-electron chi connectivity index (χ4n) is 1.18. The van der Waals surface area contributed by atoms with Crippen molar-refractivity contribution in [3.8, 4) is 5.75 Å². The molecule has 106 valence electrons. The maximum Gasteiger partial charge on any atom is 0.402 e. The minimum atomic E-state index is -4.75. The van der Waals surface area contributed by atoms with Crippen molar-refractivity contribution in [3.63, 3.8) is 0 Å². The smallest absolute Gasteiger partial charge is 0.402 e. The van der Waals surface area contributed by atoms with E-state index in [0.29, 0.717) is 0 Å². The second-order valence-corrected chi connectivity index (χ2v) is 3.91. The monoisotopic (exact) mass is 300 g/mol. The van der Waals surface area contributed by atoms with Gasteiger partial charge in [0.05, 0.1) is 5.02 Å². The number of ether oxygens (including phenoxy) is 1. The molecule has 0 saturated heterocycles. The van der Waals surface area contributed by atoms with Crippen LogP contribution in [0.5, 0.6) is 5.75 Å². The molecule has 0 radical (unpaired) electrons. The van der Waals surface area contributed by atoms with Gasteiger partial charge in [0.2, 0.25) is 0 Å². The van der Waals surface area contributed by atoms with Crippen LogP contribution >= 0.6 is 11.6 Å². The third-order valence-electron chi connectivity index (χ3n) is 2.17. The van der Waals surface area contributed by atoms with E-state index in [2.05, 4.69) is 5.16 Å². The average molecular weight is 301 g/mol. The lowest BCUT2D eigenvalue weighted by atomic mass is 10.1. The molecule has 0 amide bonds. The van der Waals surface area contributed by atoms with Crippen LogP contribution < -0.4 is 10.5 Å². The summed E-state index contributed by atoms with van der Waals surface area (Å²) in [6.07, 6.45) is -4.75. The Labute approximate surface area is 110 Å². The van der Waals surface area contributed by atoms with Gasteiger partial charge in [0.25, 0.3) is 0 Å². The Bertz CT molecular complexity index is 479. The van der Waals surface area contributed by atoms with Crippen molar-refractivity contribution < 1.29 is 27.5 Å². The molecule has 1 atom stereocenters. The van der Waals surface area contributed by atoms with Crippen LogP contribution in [-0.4, -0.2) is 23.8 Å². The normalized spacial score (nSPS) is 14.3. The summed E-state index contributed by atoms with van der Waals surface area (Å²) in [6.45, 7) is -0.940. The lowest BCUT2D eigenvalue weighted by Crippen LogP contribution is -2.40. The summed E-state index contributed by atoms with van der Waals surface area (Å²) in [7, 11) is 0. The zero-order valence-electron chi connectivity index (χ0n) is 9.29. The van der Waals surface area contributed by atoms with Gasteiger partial charge in [0.15, 0.2) is 5.84 Å². The van der Waals surface area contributed by atoms with E-state index in [0.717, 1.165) is 18.2 Å². The van der Waals surface area contributed by atoms with Crippen molar-refractivity contribution in [2.75, 3.05) is 6.61 Å². The molecule has 0 saturated carbocycles. The predicted molar refractivity (Wildman–Crippen MR) is 59.9 cm³/mol. The van der Waals surface area contributed by atoms with Crippen LogP contribution in [0.2, 0.25) is 5.02 Å². The van der Waals surface area contributed by atoms with Gasteiger partial charge < -0.3 is 15.7 Å². The van der Waals surface area contributed by atoms with E-state index in [9.17, 15) is 17.6 Å². The Morgan fingerprint density at radius 1 is 1.47 bits per heavy atom. The van der Waals surface area contributed by atoms with Gasteiger partial charge in [-0.3, -0.25) is 0 Å². The second-order valence-electron chi connectivity index (χ2n) is 3.50. The standard InChI is InChI=1S/C10H9ClF4N2O2/c11-7-3-5(12)1-2-8(7)19-4-6(9(16)17-18)10(13,14)15/h1-3,6,18H,4H2,(H2,16,17). The molecule has 0 bridgehead atoms. The first-order valence-corrected chi connectivity index (χ1v) is 5.25. The molecule has 9 heteroatoms. The van der Waals surface area contributed by atoms with Gasteiger partial charge in [0.1, 0.15) is 24.1 Å². The van der Waals surface area contributed by atoms with Gasteiger partial charge in [-0.05, 0) is 18.2 Å². The summed E-state index contributed by atoms with van der Waals surface area (Å²) in [6, 6.07) is 2.95. The number of halogens is 5. The molecule has 0 heterocycles. The van der Waals surface area contributed by atoms with Crippen molar-refractivity contribution in [2.24, 2.45) is 16.8 Å². The summed E-state index contributed by atoms with van der Waals surface area (Å²) < 4.78 is 55.3. The third-order valence-corrected chi connectivity index (χ3v) is 2.46. The molecule has 0 fully saturated rings. The van der Waals surface area contributed by atoms with E-state index in [-0.39, 0.29) is 10.8 Å². The number of rotatable bonds is 4. The van der Waals surface area contributed by atoms with Gasteiger partial charge in [-0.15, -0.1) is 0 Å². The fraction of sp³-hybridized carbons (Fsp3) is 0.300. The molecule has 4 nitrogen and oxygen atoms in total. The van der Waals surface area contributed by atoms with Crippen LogP contribution in [0.25, 0.3) is 0 Å². The van der Waals surface area contributed by atoms with E-state index in [1.165, 1.54) is 0 Å². The maximum absolute atomic E-state index is 12.7. The summed E-state index contributed by atoms with van der Waals surface area (Å²) in [5.41, 5.74) is 4.94. The molecule has 0 spiro atoms. The molecule has 1 aromatic carbocycles. The number of hydrogen-bond donors (Lipinski definition) is 2. The molecule has 0 aliphatic heterocycles. The Morgan fingerprint density at radius 3 is 2.58 bits per heavy atom. The van der Waals surface area contributed by atoms with Gasteiger partial charge in [0, 0.05) is 0 Å². The molecule has 0 aliphatic carbocycles. The number of alkyl halides is 3. The van der Waals surface area contributed by atoms with Crippen LogP contribution in [0.4, 0.5) is 17.6 Å². The van der Waals surface area contributed by atoms with Crippen LogP contribution in [0.15, 0.2) is 23.4 Å². The van der Waals surface area contributed by atoms with Crippen molar-refractivity contribution >= 4 is 17.4 Å². The average Bonchev–Trinajstić information content (AvgIpc) is 2.29. The number of nitrogens with zero attached hydrogens (tertiary/aromatic N) is 1. The van der Waals surface area contributed by atoms with E-state index in [1.54, 1.807) is 0 Å². The predicted octanol–water partition coefficient (Wildman–Crippen LogP) is 2.78. The van der Waals surface area contributed by atoms with E-state index in [1.807, 2.05) is 0 Å². The van der Waals surface area contributed by atoms with Gasteiger partial charge in [-0.2, -0.15) is 13.2 Å². The zero-order chi connectivity index (χ0) is 14.6. The summed E-state index contributed by atoms with van der Waals surface area (Å²) in [4.78, 5) is 0. The molecule has 1 aromatic rings. The minimum absolute atomic E-state index is 0.136. The van der Waals surface area contributed by atoms with Crippen LogP contribution in [0, 0.1) is 11.7 Å². The van der Waals surface area contributed by atoms with E-state index >= 15 is 0 Å². The van der Waals surface area contributed by atoms with Crippen LogP contribution in [-0.2, 0) is 0 Å². The van der Waals surface area contributed by atoms with E-state index in [4.69, 9.17) is 27.3 Å². The maximum atomic E-state index is 12.7. The fourth-order valence-corrected chi connectivity index (χ4v) is 1.40. The quantitative estimate of drug-likeness (QED) is 0.295. The summed E-state index contributed by atoms with van der Waals surface area (Å²) in [5, 5.41) is 10.4. The Kier molecular flexibility index (Phi) is 4.82. The van der Waals surface area contributed by atoms with E-state index < -0.39 is 30.4 Å². The van der Waals surface area contributed by atoms with Crippen molar-refractivity contribution in [3.05, 3.63) is 29.0 Å². The van der Waals surface area contributed by atoms with Gasteiger partial charge >= 0.3 is 6.18 Å². The third kappa shape index (κ3) is 4.16. The van der Waals surface area contributed by atoms with Crippen molar-refractivity contribution in [2.45, 2.75) is 6.18 Å². The highest BCUT2D eigenvalue weighted by atomic mass is 35.5. The number of hydrogen-bond acceptors (Lipinski definition) is 3. The van der Waals surface area contributed by atoms with Crippen molar-refractivity contribution in [1.29, 1.82) is 0 Å². The Balaban J connectivity index is 2.82. The topological polar surface area (TPSA) is 67.8 Å². The van der Waals surface area contributed by atoms with Gasteiger partial charge in [-0.1, -0.05) is 16.8 Å². The van der Waals surface area contributed by atoms with Crippen molar-refractivity contribution in [1.82, 2.24) is 0 Å². The molecule has 0 aliphatic rings. The molecular weight excluding hydrogens is 292 g/mol. The number of oxime groups is 1. The highest BCUT2D eigenvalue weighted by Gasteiger charge is 2.43. The SMILES string of the molecule is N/C(=N/O)C(COc1ccc(F)cc1Cl)C(F)(F)F. The first-order valence-electron chi connectivity index (χ1n) is 4.87. The zero-order valence-corrected chi connectivity index (χ0v) is 10.0. The largest absolute Gasteiger partial charge is 0.491 e. The van der Waals surface area contributed by atoms with Gasteiger partial charge in [-0.25, -0.2) is 4.39 Å². The molecular formula is C10H9ClF4N2O2. The Hall–Kier alpha value is -1.70. The molecule has 19 heavy (non-hydrogen) atoms. The van der Waals surface area contributed by atoms with Crippen LogP contribution in [0.1, 0.15) is 0 Å². The minimum Gasteiger partial charge on any atom is -0.491 e. The summed E-state index contributed by atoms with van der Waals surface area (Å²) >= 11 is 5.58. The summed E-state index contributed by atoms with van der Waals surface area (Å²) in [5.74, 6) is -4.12. The first-order chi connectivity index (χ1) is 8.75. The second kappa shape index (κ2) is 5.96. The Morgan fingerprint density at radius 2 is 2.11 bits per heavy atom. The molecule has 1 unspecified atom stereocenters. The molecule has 0 aromatic heterocycles. The first kappa shape index (κ1) is 15.4. The van der Waals surface area contributed by atoms with Crippen LogP contribution in [0.3, 0.4) is 0 Å². The molecule has 3 N–H and O–H groups in total. The number of nitrogens with two attached hydrogens (primary N) is 1. The lowest BCUT2D eigenvalue weighted by molar-refractivity contribution is -0.162. The highest BCUT2D eigenvalue weighted by Crippen LogP contribution is 2.30. The number of amidine groups is 1.